The zero-order valence-corrected chi connectivity index (χ0v) is 9.37. The summed E-state index contributed by atoms with van der Waals surface area (Å²) < 4.78 is 0. The molecule has 0 saturated heterocycles. The van der Waals surface area contributed by atoms with E-state index in [2.05, 4.69) is 13.5 Å². The molecule has 0 aromatic carbocycles. The van der Waals surface area contributed by atoms with Gasteiger partial charge in [0.05, 0.1) is 5.54 Å². The molecule has 0 aliphatic heterocycles. The normalized spacial score (nSPS) is 31.0. The zero-order chi connectivity index (χ0) is 11.1. The molecule has 1 amide bonds. The molecule has 0 heterocycles. The van der Waals surface area contributed by atoms with Crippen molar-refractivity contribution in [1.29, 1.82) is 0 Å². The molecule has 1 fully saturated rings. The van der Waals surface area contributed by atoms with Crippen molar-refractivity contribution in [1.82, 2.24) is 4.90 Å². The van der Waals surface area contributed by atoms with Crippen molar-refractivity contribution in [3.05, 3.63) is 12.7 Å². The molecule has 0 aromatic rings. The van der Waals surface area contributed by atoms with Crippen LogP contribution in [0.25, 0.3) is 0 Å². The fraction of sp³-hybridized carbons (Fsp3) is 0.727. The van der Waals surface area contributed by atoms with Crippen molar-refractivity contribution < 1.29 is 9.90 Å². The molecular weight excluding hydrogens is 178 g/mol. The van der Waals surface area contributed by atoms with Crippen LogP contribution in [0.5, 0.6) is 0 Å². The fourth-order valence-electron chi connectivity index (χ4n) is 2.21. The van der Waals surface area contributed by atoms with E-state index in [-0.39, 0.29) is 11.1 Å². The minimum atomic E-state index is -0.859. The highest BCUT2D eigenvalue weighted by atomic mass is 16.4. The minimum absolute atomic E-state index is 0.329. The van der Waals surface area contributed by atoms with Gasteiger partial charge in [0, 0.05) is 5.54 Å². The maximum Gasteiger partial charge on any atom is 0.408 e. The van der Waals surface area contributed by atoms with Crippen LogP contribution in [0.15, 0.2) is 12.7 Å². The molecule has 3 nitrogen and oxygen atoms in total. The summed E-state index contributed by atoms with van der Waals surface area (Å²) in [7, 11) is 0. The van der Waals surface area contributed by atoms with E-state index in [9.17, 15) is 9.90 Å². The standard InChI is InChI=1S/C11H19NO2/c1-6-11(7-8(11)2)12(9(13)14)10(3,4)5/h6,8H,1,7H2,2-5H3,(H,13,14)/t8-,11+/m0/s1. The van der Waals surface area contributed by atoms with Crippen molar-refractivity contribution in [2.75, 3.05) is 0 Å². The second-order valence-electron chi connectivity index (χ2n) is 5.09. The predicted octanol–water partition coefficient (Wildman–Crippen LogP) is 2.73. The van der Waals surface area contributed by atoms with Crippen LogP contribution in [0, 0.1) is 5.92 Å². The molecule has 80 valence electrons. The zero-order valence-electron chi connectivity index (χ0n) is 9.37. The minimum Gasteiger partial charge on any atom is -0.465 e. The van der Waals surface area contributed by atoms with Gasteiger partial charge in [-0.25, -0.2) is 4.79 Å². The lowest BCUT2D eigenvalue weighted by Gasteiger charge is -2.39. The van der Waals surface area contributed by atoms with E-state index in [4.69, 9.17) is 0 Å². The van der Waals surface area contributed by atoms with Crippen LogP contribution < -0.4 is 0 Å². The smallest absolute Gasteiger partial charge is 0.408 e. The summed E-state index contributed by atoms with van der Waals surface area (Å²) in [6, 6.07) is 0. The van der Waals surface area contributed by atoms with Gasteiger partial charge in [0.1, 0.15) is 0 Å². The number of amides is 1. The van der Waals surface area contributed by atoms with Gasteiger partial charge in [0.15, 0.2) is 0 Å². The highest BCUT2D eigenvalue weighted by Gasteiger charge is 2.58. The Kier molecular flexibility index (Phi) is 2.38. The summed E-state index contributed by atoms with van der Waals surface area (Å²) in [6.07, 6.45) is 1.80. The van der Waals surface area contributed by atoms with Gasteiger partial charge >= 0.3 is 6.09 Å². The summed E-state index contributed by atoms with van der Waals surface area (Å²) in [4.78, 5) is 12.7. The highest BCUT2D eigenvalue weighted by Crippen LogP contribution is 2.51. The summed E-state index contributed by atoms with van der Waals surface area (Å²) >= 11 is 0. The van der Waals surface area contributed by atoms with Gasteiger partial charge in [0.25, 0.3) is 0 Å². The van der Waals surface area contributed by atoms with Crippen molar-refractivity contribution in [3.8, 4) is 0 Å². The molecule has 0 spiro atoms. The van der Waals surface area contributed by atoms with E-state index in [0.717, 1.165) is 6.42 Å². The lowest BCUT2D eigenvalue weighted by molar-refractivity contribution is 0.0716. The summed E-state index contributed by atoms with van der Waals surface area (Å²) in [5.74, 6) is 0.385. The van der Waals surface area contributed by atoms with Crippen LogP contribution in [0.4, 0.5) is 4.79 Å². The first-order chi connectivity index (χ1) is 6.25. The van der Waals surface area contributed by atoms with Crippen LogP contribution >= 0.6 is 0 Å². The van der Waals surface area contributed by atoms with Crippen molar-refractivity contribution >= 4 is 6.09 Å². The first kappa shape index (κ1) is 11.1. The van der Waals surface area contributed by atoms with Crippen LogP contribution in [0.3, 0.4) is 0 Å². The molecule has 0 bridgehead atoms. The van der Waals surface area contributed by atoms with Gasteiger partial charge in [-0.05, 0) is 33.1 Å². The Morgan fingerprint density at radius 1 is 1.64 bits per heavy atom. The Balaban J connectivity index is 3.01. The quantitative estimate of drug-likeness (QED) is 0.691. The van der Waals surface area contributed by atoms with Crippen LogP contribution in [0.2, 0.25) is 0 Å². The van der Waals surface area contributed by atoms with Crippen molar-refractivity contribution in [3.63, 3.8) is 0 Å². The first-order valence-corrected chi connectivity index (χ1v) is 4.92. The molecule has 3 heteroatoms. The van der Waals surface area contributed by atoms with Crippen LogP contribution in [-0.4, -0.2) is 27.2 Å². The van der Waals surface area contributed by atoms with Crippen molar-refractivity contribution in [2.24, 2.45) is 5.92 Å². The molecule has 1 saturated carbocycles. The Morgan fingerprint density at radius 3 is 2.14 bits per heavy atom. The molecule has 1 aliphatic rings. The SMILES string of the molecule is C=C[C@@]1(N(C(=O)O)C(C)(C)C)C[C@@H]1C. The van der Waals surface area contributed by atoms with Gasteiger partial charge in [-0.3, -0.25) is 4.90 Å². The molecule has 0 radical (unpaired) electrons. The Hall–Kier alpha value is -0.990. The number of nitrogens with zero attached hydrogens (tertiary/aromatic N) is 1. The Labute approximate surface area is 85.4 Å². The Morgan fingerprint density at radius 2 is 2.07 bits per heavy atom. The molecule has 0 aromatic heterocycles. The summed E-state index contributed by atoms with van der Waals surface area (Å²) in [5.41, 5.74) is -0.700. The number of hydrogen-bond acceptors (Lipinski definition) is 1. The monoisotopic (exact) mass is 197 g/mol. The third kappa shape index (κ3) is 1.51. The summed E-state index contributed by atoms with van der Waals surface area (Å²) in [6.45, 7) is 11.6. The van der Waals surface area contributed by atoms with Crippen molar-refractivity contribution in [2.45, 2.75) is 45.2 Å². The molecular formula is C11H19NO2. The maximum absolute atomic E-state index is 11.2. The lowest BCUT2D eigenvalue weighted by atomic mass is 10.0. The van der Waals surface area contributed by atoms with E-state index in [1.165, 1.54) is 4.90 Å². The van der Waals surface area contributed by atoms with Gasteiger partial charge in [-0.15, -0.1) is 6.58 Å². The molecule has 1 rings (SSSR count). The number of rotatable bonds is 2. The molecule has 14 heavy (non-hydrogen) atoms. The number of carboxylic acid groups (broad SMARTS) is 1. The molecule has 2 atom stereocenters. The maximum atomic E-state index is 11.2. The summed E-state index contributed by atoms with van der Waals surface area (Å²) in [5, 5.41) is 9.21. The van der Waals surface area contributed by atoms with E-state index in [1.54, 1.807) is 6.08 Å². The van der Waals surface area contributed by atoms with E-state index < -0.39 is 6.09 Å². The third-order valence-electron chi connectivity index (χ3n) is 2.96. The van der Waals surface area contributed by atoms with E-state index in [0.29, 0.717) is 5.92 Å². The highest BCUT2D eigenvalue weighted by molar-refractivity contribution is 5.69. The Bertz CT molecular complexity index is 267. The second-order valence-corrected chi connectivity index (χ2v) is 5.09. The van der Waals surface area contributed by atoms with Crippen LogP contribution in [0.1, 0.15) is 34.1 Å². The van der Waals surface area contributed by atoms with Gasteiger partial charge < -0.3 is 5.11 Å². The lowest BCUT2D eigenvalue weighted by Crippen LogP contribution is -2.52. The number of hydrogen-bond donors (Lipinski definition) is 1. The number of carbonyl (C=O) groups is 1. The van der Waals surface area contributed by atoms with E-state index in [1.807, 2.05) is 20.8 Å². The van der Waals surface area contributed by atoms with Gasteiger partial charge in [-0.1, -0.05) is 13.0 Å². The third-order valence-corrected chi connectivity index (χ3v) is 2.96. The average molecular weight is 197 g/mol. The molecule has 1 aliphatic carbocycles. The first-order valence-electron chi connectivity index (χ1n) is 4.92. The van der Waals surface area contributed by atoms with Crippen LogP contribution in [-0.2, 0) is 0 Å². The largest absolute Gasteiger partial charge is 0.465 e. The molecule has 0 unspecified atom stereocenters. The topological polar surface area (TPSA) is 40.5 Å². The fourth-order valence-corrected chi connectivity index (χ4v) is 2.21. The van der Waals surface area contributed by atoms with E-state index >= 15 is 0 Å². The molecule has 1 N–H and O–H groups in total. The average Bonchev–Trinajstić information content (AvgIpc) is 2.58. The van der Waals surface area contributed by atoms with Gasteiger partial charge in [-0.2, -0.15) is 0 Å². The van der Waals surface area contributed by atoms with Gasteiger partial charge in [0.2, 0.25) is 0 Å². The second kappa shape index (κ2) is 3.01. The predicted molar refractivity (Wildman–Crippen MR) is 56.3 cm³/mol.